The maximum atomic E-state index is 13.1. The first-order valence-corrected chi connectivity index (χ1v) is 11.8. The number of fused-ring (bicyclic) bond motifs is 1. The lowest BCUT2D eigenvalue weighted by Crippen LogP contribution is -2.34. The van der Waals surface area contributed by atoms with Crippen LogP contribution in [0.2, 0.25) is 0 Å². The predicted octanol–water partition coefficient (Wildman–Crippen LogP) is 5.71. The molecule has 1 aliphatic carbocycles. The monoisotopic (exact) mass is 475 g/mol. The summed E-state index contributed by atoms with van der Waals surface area (Å²) in [5.41, 5.74) is 1.67. The van der Waals surface area contributed by atoms with E-state index in [0.717, 1.165) is 36.8 Å². The molecule has 33 heavy (non-hydrogen) atoms. The molecule has 1 atom stereocenters. The van der Waals surface area contributed by atoms with Gasteiger partial charge in [-0.05, 0) is 56.0 Å². The molecule has 2 heterocycles. The summed E-state index contributed by atoms with van der Waals surface area (Å²) in [6.45, 7) is 0. The second-order valence-corrected chi connectivity index (χ2v) is 8.40. The number of hydrogen-bond donors (Lipinski definition) is 3. The number of nitrogens with one attached hydrogen (secondary N) is 3. The van der Waals surface area contributed by atoms with Crippen LogP contribution in [0.5, 0.6) is 0 Å². The van der Waals surface area contributed by atoms with Gasteiger partial charge >= 0.3 is 6.18 Å². The molecule has 0 radical (unpaired) electrons. The summed E-state index contributed by atoms with van der Waals surface area (Å²) in [5, 5.41) is 6.35. The number of nitrogens with zero attached hydrogens (tertiary/aromatic N) is 2. The normalized spacial score (nSPS) is 16.7. The van der Waals surface area contributed by atoms with Gasteiger partial charge in [0.2, 0.25) is 0 Å². The van der Waals surface area contributed by atoms with Crippen LogP contribution in [-0.2, 0) is 6.18 Å². The Balaban J connectivity index is 1.39. The van der Waals surface area contributed by atoms with E-state index in [-0.39, 0.29) is 17.6 Å². The molecule has 0 saturated carbocycles. The number of amides is 1. The van der Waals surface area contributed by atoms with Crippen molar-refractivity contribution in [3.8, 4) is 0 Å². The fourth-order valence-corrected chi connectivity index (χ4v) is 4.18. The molecule has 2 aromatic heterocycles. The van der Waals surface area contributed by atoms with Gasteiger partial charge in [-0.2, -0.15) is 13.2 Å². The number of rotatable bonds is 6. The van der Waals surface area contributed by atoms with Gasteiger partial charge in [-0.15, -0.1) is 0 Å². The average Bonchev–Trinajstić information content (AvgIpc) is 3.12. The molecule has 0 bridgehead atoms. The summed E-state index contributed by atoms with van der Waals surface area (Å²) >= 11 is 1.46. The quantitative estimate of drug-likeness (QED) is 0.398. The van der Waals surface area contributed by atoms with Crippen molar-refractivity contribution in [2.24, 2.45) is 0 Å². The van der Waals surface area contributed by atoms with Gasteiger partial charge in [-0.25, -0.2) is 4.98 Å². The van der Waals surface area contributed by atoms with Crippen LogP contribution in [0.4, 0.5) is 24.7 Å². The highest BCUT2D eigenvalue weighted by Gasteiger charge is 2.34. The van der Waals surface area contributed by atoms with Gasteiger partial charge in [0, 0.05) is 35.4 Å². The van der Waals surface area contributed by atoms with Crippen LogP contribution in [0.15, 0.2) is 60.4 Å². The van der Waals surface area contributed by atoms with Crippen molar-refractivity contribution in [1.82, 2.24) is 14.7 Å². The van der Waals surface area contributed by atoms with Crippen LogP contribution < -0.4 is 15.4 Å². The summed E-state index contributed by atoms with van der Waals surface area (Å²) in [7, 11) is 0. The molecule has 0 saturated heterocycles. The predicted molar refractivity (Wildman–Crippen MR) is 125 cm³/mol. The van der Waals surface area contributed by atoms with Crippen LogP contribution in [0.1, 0.15) is 41.7 Å². The van der Waals surface area contributed by atoms with Crippen LogP contribution in [0.25, 0.3) is 5.65 Å². The van der Waals surface area contributed by atoms with Gasteiger partial charge in [0.1, 0.15) is 11.5 Å². The molecule has 6 nitrogen and oxygen atoms in total. The largest absolute Gasteiger partial charge is 0.434 e. The summed E-state index contributed by atoms with van der Waals surface area (Å²) in [5.74, 6) is 0.395. The zero-order valence-electron chi connectivity index (χ0n) is 17.9. The molecule has 1 aromatic carbocycles. The standard InChI is InChI=1S/C23H24F3N5OS/c1-33-30-18-8-2-5-15(13-18)22(32)28-17-7-3-6-16(11-12-17)27-20-9-4-10-21-29-19(14-31(20)21)23(24,25)26/h2,4-6,8-10,13-14,17,27,30H,3,7,11-12H2,1H3,(H,28,32). The molecule has 174 valence electrons. The average molecular weight is 476 g/mol. The Labute approximate surface area is 193 Å². The second-order valence-electron chi connectivity index (χ2n) is 7.79. The maximum absolute atomic E-state index is 13.1. The minimum atomic E-state index is -4.50. The molecular weight excluding hydrogens is 451 g/mol. The number of imidazole rings is 1. The molecule has 0 fully saturated rings. The van der Waals surface area contributed by atoms with Crippen molar-refractivity contribution >= 4 is 35.0 Å². The van der Waals surface area contributed by atoms with Gasteiger partial charge < -0.3 is 15.4 Å². The van der Waals surface area contributed by atoms with Crippen LogP contribution >= 0.6 is 11.9 Å². The van der Waals surface area contributed by atoms with Crippen LogP contribution in [-0.4, -0.2) is 27.6 Å². The zero-order valence-corrected chi connectivity index (χ0v) is 18.8. The molecule has 0 aliphatic heterocycles. The number of halogens is 3. The molecule has 1 amide bonds. The second kappa shape index (κ2) is 9.78. The van der Waals surface area contributed by atoms with E-state index in [2.05, 4.69) is 20.3 Å². The Morgan fingerprint density at radius 1 is 1.18 bits per heavy atom. The van der Waals surface area contributed by atoms with Crippen molar-refractivity contribution in [2.45, 2.75) is 37.9 Å². The molecule has 0 spiro atoms. The number of alkyl halides is 3. The number of anilines is 2. The minimum absolute atomic E-state index is 0.00563. The number of benzene rings is 1. The highest BCUT2D eigenvalue weighted by Crippen LogP contribution is 2.30. The summed E-state index contributed by atoms with van der Waals surface area (Å²) in [4.78, 5) is 16.4. The first-order chi connectivity index (χ1) is 15.8. The Hall–Kier alpha value is -3.14. The Kier molecular flexibility index (Phi) is 6.83. The minimum Gasteiger partial charge on any atom is -0.349 e. The van der Waals surface area contributed by atoms with E-state index in [1.165, 1.54) is 22.4 Å². The molecule has 3 N–H and O–H groups in total. The maximum Gasteiger partial charge on any atom is 0.434 e. The lowest BCUT2D eigenvalue weighted by molar-refractivity contribution is -0.140. The third kappa shape index (κ3) is 5.62. The van der Waals surface area contributed by atoms with E-state index < -0.39 is 11.9 Å². The highest BCUT2D eigenvalue weighted by molar-refractivity contribution is 7.99. The SMILES string of the molecule is CSNc1cccc(C(=O)NC2CCC=C(Nc3cccc4nc(C(F)(F)F)cn34)CC2)c1. The molecular formula is C23H24F3N5OS. The fraction of sp³-hybridized carbons (Fsp3) is 0.304. The lowest BCUT2D eigenvalue weighted by atomic mass is 10.1. The first kappa shape index (κ1) is 23.0. The van der Waals surface area contributed by atoms with Crippen LogP contribution in [0, 0.1) is 0 Å². The lowest BCUT2D eigenvalue weighted by Gasteiger charge is -2.17. The van der Waals surface area contributed by atoms with Crippen molar-refractivity contribution in [3.05, 3.63) is 71.7 Å². The fourth-order valence-electron chi connectivity index (χ4n) is 3.82. The van der Waals surface area contributed by atoms with E-state index in [1.807, 2.05) is 30.5 Å². The molecule has 10 heteroatoms. The van der Waals surface area contributed by atoms with Gasteiger partial charge in [0.25, 0.3) is 5.91 Å². The number of aromatic nitrogens is 2. The Bertz CT molecular complexity index is 1170. The third-order valence-electron chi connectivity index (χ3n) is 5.42. The van der Waals surface area contributed by atoms with Crippen LogP contribution in [0.3, 0.4) is 0 Å². The Morgan fingerprint density at radius 2 is 2.00 bits per heavy atom. The highest BCUT2D eigenvalue weighted by atomic mass is 32.2. The van der Waals surface area contributed by atoms with Gasteiger partial charge in [0.05, 0.1) is 0 Å². The van der Waals surface area contributed by atoms with Gasteiger partial charge in [-0.3, -0.25) is 9.20 Å². The number of hydrogen-bond acceptors (Lipinski definition) is 5. The smallest absolute Gasteiger partial charge is 0.349 e. The third-order valence-corrected chi connectivity index (χ3v) is 5.86. The Morgan fingerprint density at radius 3 is 2.79 bits per heavy atom. The number of allylic oxidation sites excluding steroid dienone is 2. The van der Waals surface area contributed by atoms with Gasteiger partial charge in [-0.1, -0.05) is 30.2 Å². The number of carbonyl (C=O) groups excluding carboxylic acids is 1. The van der Waals surface area contributed by atoms with Crippen molar-refractivity contribution in [2.75, 3.05) is 16.3 Å². The summed E-state index contributed by atoms with van der Waals surface area (Å²) < 4.78 is 43.7. The molecule has 3 aromatic rings. The van der Waals surface area contributed by atoms with E-state index in [0.29, 0.717) is 17.8 Å². The van der Waals surface area contributed by atoms with Crippen molar-refractivity contribution in [3.63, 3.8) is 0 Å². The van der Waals surface area contributed by atoms with Crippen molar-refractivity contribution < 1.29 is 18.0 Å². The van der Waals surface area contributed by atoms with E-state index in [4.69, 9.17) is 0 Å². The molecule has 1 aliphatic rings. The number of pyridine rings is 1. The molecule has 1 unspecified atom stereocenters. The van der Waals surface area contributed by atoms with E-state index in [9.17, 15) is 18.0 Å². The topological polar surface area (TPSA) is 70.5 Å². The summed E-state index contributed by atoms with van der Waals surface area (Å²) in [6, 6.07) is 12.3. The van der Waals surface area contributed by atoms with E-state index in [1.54, 1.807) is 18.2 Å². The zero-order chi connectivity index (χ0) is 23.4. The molecule has 4 rings (SSSR count). The van der Waals surface area contributed by atoms with E-state index >= 15 is 0 Å². The summed E-state index contributed by atoms with van der Waals surface area (Å²) in [6.07, 6.45) is 3.37. The first-order valence-electron chi connectivity index (χ1n) is 10.5. The van der Waals surface area contributed by atoms with Gasteiger partial charge in [0.15, 0.2) is 5.69 Å². The number of carbonyl (C=O) groups is 1. The van der Waals surface area contributed by atoms with Crippen molar-refractivity contribution in [1.29, 1.82) is 0 Å².